The van der Waals surface area contributed by atoms with Gasteiger partial charge < -0.3 is 0 Å². The highest BCUT2D eigenvalue weighted by atomic mass is 16.6. The Balaban J connectivity index is 2.02. The maximum atomic E-state index is 11.2. The number of nitrogens with zero attached hydrogens (tertiary/aromatic N) is 1. The quantitative estimate of drug-likeness (QED) is 0.456. The number of aryl methyl sites for hydroxylation is 2. The van der Waals surface area contributed by atoms with Crippen LogP contribution in [0.25, 0.3) is 0 Å². The number of hydrogen-bond acceptors (Lipinski definition) is 3. The molecule has 0 aliphatic carbocycles. The van der Waals surface area contributed by atoms with Gasteiger partial charge in [0.1, 0.15) is 0 Å². The number of non-ortho nitro benzene ring substituents is 1. The van der Waals surface area contributed by atoms with E-state index in [-0.39, 0.29) is 22.7 Å². The summed E-state index contributed by atoms with van der Waals surface area (Å²) in [5, 5.41) is 14.9. The number of benzene rings is 3. The summed E-state index contributed by atoms with van der Waals surface area (Å²) < 4.78 is 0. The minimum absolute atomic E-state index is 0.0945. The molecule has 0 saturated heterocycles. The van der Waals surface area contributed by atoms with E-state index in [1.807, 2.05) is 24.3 Å². The van der Waals surface area contributed by atoms with E-state index in [1.165, 1.54) is 22.8 Å². The molecule has 2 atom stereocenters. The molecule has 3 aromatic rings. The summed E-state index contributed by atoms with van der Waals surface area (Å²) in [6, 6.07) is 23.4. The van der Waals surface area contributed by atoms with Gasteiger partial charge in [-0.05, 0) is 48.6 Å². The van der Waals surface area contributed by atoms with E-state index in [9.17, 15) is 10.1 Å². The van der Waals surface area contributed by atoms with Crippen LogP contribution in [0.15, 0.2) is 72.8 Å². The van der Waals surface area contributed by atoms with Crippen molar-refractivity contribution in [3.05, 3.63) is 111 Å². The van der Waals surface area contributed by atoms with Crippen LogP contribution in [-0.2, 0) is 0 Å². The summed E-state index contributed by atoms with van der Waals surface area (Å²) in [6.45, 7) is 6.28. The highest BCUT2D eigenvalue weighted by Gasteiger charge is 2.20. The number of nitrogens with one attached hydrogen (secondary N) is 1. The number of nitro benzene ring substituents is 1. The molecular formula is C23H24N2O2. The van der Waals surface area contributed by atoms with Gasteiger partial charge in [0.05, 0.1) is 11.0 Å². The van der Waals surface area contributed by atoms with Crippen molar-refractivity contribution in [3.63, 3.8) is 0 Å². The van der Waals surface area contributed by atoms with Gasteiger partial charge in [0, 0.05) is 18.2 Å². The fourth-order valence-electron chi connectivity index (χ4n) is 3.23. The standard InChI is InChI=1S/C23H24N2O2/c1-16-12-13-21(14-17(16)2)23(20-10-7-11-22(15-20)25(26)27)24-18(3)19-8-5-4-6-9-19/h4-15,18,23-24H,1-3H3/t18-,23?/m0/s1. The Labute approximate surface area is 160 Å². The van der Waals surface area contributed by atoms with E-state index in [2.05, 4.69) is 56.4 Å². The van der Waals surface area contributed by atoms with Gasteiger partial charge in [0.2, 0.25) is 0 Å². The molecule has 27 heavy (non-hydrogen) atoms. The lowest BCUT2D eigenvalue weighted by molar-refractivity contribution is -0.384. The van der Waals surface area contributed by atoms with E-state index in [1.54, 1.807) is 12.1 Å². The average Bonchev–Trinajstić information content (AvgIpc) is 2.69. The Hall–Kier alpha value is -2.98. The topological polar surface area (TPSA) is 55.2 Å². The number of rotatable bonds is 6. The van der Waals surface area contributed by atoms with Gasteiger partial charge in [-0.3, -0.25) is 15.4 Å². The molecule has 4 heteroatoms. The molecule has 0 bridgehead atoms. The van der Waals surface area contributed by atoms with E-state index >= 15 is 0 Å². The zero-order valence-electron chi connectivity index (χ0n) is 15.8. The fourth-order valence-corrected chi connectivity index (χ4v) is 3.23. The van der Waals surface area contributed by atoms with E-state index < -0.39 is 0 Å². The lowest BCUT2D eigenvalue weighted by Gasteiger charge is -2.25. The van der Waals surface area contributed by atoms with Gasteiger partial charge in [-0.2, -0.15) is 0 Å². The van der Waals surface area contributed by atoms with E-state index in [0.29, 0.717) is 0 Å². The monoisotopic (exact) mass is 360 g/mol. The van der Waals surface area contributed by atoms with E-state index in [0.717, 1.165) is 11.1 Å². The minimum atomic E-state index is -0.346. The van der Waals surface area contributed by atoms with Crippen LogP contribution in [0.3, 0.4) is 0 Å². The van der Waals surface area contributed by atoms with Gasteiger partial charge in [-0.15, -0.1) is 0 Å². The summed E-state index contributed by atoms with van der Waals surface area (Å²) in [7, 11) is 0. The van der Waals surface area contributed by atoms with E-state index in [4.69, 9.17) is 0 Å². The third kappa shape index (κ3) is 4.41. The molecule has 0 spiro atoms. The summed E-state index contributed by atoms with van der Waals surface area (Å²) in [5.74, 6) is 0. The van der Waals surface area contributed by atoms with Crippen molar-refractivity contribution in [2.24, 2.45) is 0 Å². The van der Waals surface area contributed by atoms with Crippen LogP contribution in [0.1, 0.15) is 46.8 Å². The second-order valence-corrected chi connectivity index (χ2v) is 6.93. The summed E-state index contributed by atoms with van der Waals surface area (Å²) in [6.07, 6.45) is 0. The normalized spacial score (nSPS) is 13.1. The van der Waals surface area contributed by atoms with Gasteiger partial charge in [-0.25, -0.2) is 0 Å². The van der Waals surface area contributed by atoms with Crippen LogP contribution >= 0.6 is 0 Å². The maximum Gasteiger partial charge on any atom is 0.269 e. The van der Waals surface area contributed by atoms with Gasteiger partial charge in [-0.1, -0.05) is 60.7 Å². The molecule has 0 aromatic heterocycles. The van der Waals surface area contributed by atoms with Gasteiger partial charge in [0.25, 0.3) is 5.69 Å². The molecule has 0 radical (unpaired) electrons. The van der Waals surface area contributed by atoms with Crippen LogP contribution in [0.5, 0.6) is 0 Å². The second kappa shape index (κ2) is 8.14. The SMILES string of the molecule is Cc1ccc(C(N[C@@H](C)c2ccccc2)c2cccc([N+](=O)[O-])c2)cc1C. The molecule has 0 aliphatic heterocycles. The first-order valence-electron chi connectivity index (χ1n) is 9.08. The van der Waals surface area contributed by atoms with Crippen LogP contribution in [0.2, 0.25) is 0 Å². The predicted molar refractivity (Wildman–Crippen MR) is 109 cm³/mol. The molecule has 0 saturated carbocycles. The third-order valence-electron chi connectivity index (χ3n) is 4.99. The first kappa shape index (κ1) is 18.8. The molecule has 1 N–H and O–H groups in total. The smallest absolute Gasteiger partial charge is 0.269 e. The number of hydrogen-bond donors (Lipinski definition) is 1. The zero-order valence-corrected chi connectivity index (χ0v) is 15.8. The summed E-state index contributed by atoms with van der Waals surface area (Å²) in [5.41, 5.74) is 5.70. The van der Waals surface area contributed by atoms with Crippen molar-refractivity contribution in [2.75, 3.05) is 0 Å². The van der Waals surface area contributed by atoms with Crippen molar-refractivity contribution in [1.82, 2.24) is 5.32 Å². The van der Waals surface area contributed by atoms with Gasteiger partial charge >= 0.3 is 0 Å². The molecule has 4 nitrogen and oxygen atoms in total. The summed E-state index contributed by atoms with van der Waals surface area (Å²) in [4.78, 5) is 10.9. The molecular weight excluding hydrogens is 336 g/mol. The third-order valence-corrected chi connectivity index (χ3v) is 4.99. The highest BCUT2D eigenvalue weighted by molar-refractivity contribution is 5.42. The lowest BCUT2D eigenvalue weighted by atomic mass is 9.94. The zero-order chi connectivity index (χ0) is 19.4. The van der Waals surface area contributed by atoms with Crippen molar-refractivity contribution in [3.8, 4) is 0 Å². The highest BCUT2D eigenvalue weighted by Crippen LogP contribution is 2.29. The number of nitro groups is 1. The van der Waals surface area contributed by atoms with Gasteiger partial charge in [0.15, 0.2) is 0 Å². The molecule has 138 valence electrons. The Morgan fingerprint density at radius 1 is 0.815 bits per heavy atom. The van der Waals surface area contributed by atoms with Crippen LogP contribution in [0.4, 0.5) is 5.69 Å². The summed E-state index contributed by atoms with van der Waals surface area (Å²) >= 11 is 0. The molecule has 0 aliphatic rings. The fraction of sp³-hybridized carbons (Fsp3) is 0.217. The van der Waals surface area contributed by atoms with Crippen molar-refractivity contribution in [1.29, 1.82) is 0 Å². The lowest BCUT2D eigenvalue weighted by Crippen LogP contribution is -2.26. The van der Waals surface area contributed by atoms with Crippen molar-refractivity contribution in [2.45, 2.75) is 32.9 Å². The minimum Gasteiger partial charge on any atom is -0.300 e. The molecule has 0 heterocycles. The Morgan fingerprint density at radius 2 is 1.48 bits per heavy atom. The average molecular weight is 360 g/mol. The van der Waals surface area contributed by atoms with Crippen molar-refractivity contribution < 1.29 is 4.92 Å². The van der Waals surface area contributed by atoms with Crippen LogP contribution in [-0.4, -0.2) is 4.92 Å². The molecule has 1 unspecified atom stereocenters. The van der Waals surface area contributed by atoms with Crippen LogP contribution in [0, 0.1) is 24.0 Å². The molecule has 0 amide bonds. The largest absolute Gasteiger partial charge is 0.300 e. The van der Waals surface area contributed by atoms with Crippen LogP contribution < -0.4 is 5.32 Å². The van der Waals surface area contributed by atoms with Crippen molar-refractivity contribution >= 4 is 5.69 Å². The molecule has 3 aromatic carbocycles. The first-order valence-corrected chi connectivity index (χ1v) is 9.08. The Kier molecular flexibility index (Phi) is 5.67. The molecule has 0 fully saturated rings. The Bertz CT molecular complexity index is 938. The maximum absolute atomic E-state index is 11.2. The first-order chi connectivity index (χ1) is 13.0. The molecule has 3 rings (SSSR count). The Morgan fingerprint density at radius 3 is 2.15 bits per heavy atom. The predicted octanol–water partition coefficient (Wildman–Crippen LogP) is 5.65. The second-order valence-electron chi connectivity index (χ2n) is 6.93.